The fraction of sp³-hybridized carbons (Fsp3) is 0.385. The summed E-state index contributed by atoms with van der Waals surface area (Å²) in [6, 6.07) is 8.00. The van der Waals surface area contributed by atoms with Gasteiger partial charge in [0.2, 0.25) is 0 Å². The molecule has 2 rings (SSSR count). The number of carboxylic acid groups (broad SMARTS) is 1. The van der Waals surface area contributed by atoms with Crippen LogP contribution < -0.4 is 5.32 Å². The smallest absolute Gasteiger partial charge is 0.326 e. The van der Waals surface area contributed by atoms with Crippen LogP contribution in [0, 0.1) is 0 Å². The number of carboxylic acids is 1. The molecule has 0 spiro atoms. The molecule has 2 amide bonds. The van der Waals surface area contributed by atoms with Crippen LogP contribution >= 0.6 is 0 Å². The molecule has 18 heavy (non-hydrogen) atoms. The predicted octanol–water partition coefficient (Wildman–Crippen LogP) is 2.16. The van der Waals surface area contributed by atoms with Crippen LogP contribution in [0.2, 0.25) is 0 Å². The van der Waals surface area contributed by atoms with E-state index in [0.29, 0.717) is 18.7 Å². The van der Waals surface area contributed by atoms with Gasteiger partial charge in [0, 0.05) is 12.2 Å². The van der Waals surface area contributed by atoms with Crippen LogP contribution in [0.1, 0.15) is 19.3 Å². The lowest BCUT2D eigenvalue weighted by molar-refractivity contribution is -0.143. The summed E-state index contributed by atoms with van der Waals surface area (Å²) >= 11 is 0. The number of urea groups is 1. The van der Waals surface area contributed by atoms with E-state index in [0.717, 1.165) is 12.8 Å². The van der Waals surface area contributed by atoms with E-state index >= 15 is 0 Å². The molecule has 1 aliphatic heterocycles. The Bertz CT molecular complexity index is 433. The summed E-state index contributed by atoms with van der Waals surface area (Å²) in [5.74, 6) is -0.932. The van der Waals surface area contributed by atoms with Gasteiger partial charge in [0.15, 0.2) is 0 Å². The molecule has 5 nitrogen and oxygen atoms in total. The Balaban J connectivity index is 2.05. The zero-order chi connectivity index (χ0) is 13.0. The maximum Gasteiger partial charge on any atom is 0.326 e. The lowest BCUT2D eigenvalue weighted by Crippen LogP contribution is -2.49. The largest absolute Gasteiger partial charge is 0.480 e. The summed E-state index contributed by atoms with van der Waals surface area (Å²) in [5, 5.41) is 11.8. The lowest BCUT2D eigenvalue weighted by Gasteiger charge is -2.32. The number of hydrogen-bond donors (Lipinski definition) is 2. The highest BCUT2D eigenvalue weighted by Gasteiger charge is 2.31. The number of likely N-dealkylation sites (tertiary alicyclic amines) is 1. The summed E-state index contributed by atoms with van der Waals surface area (Å²) < 4.78 is 0. The van der Waals surface area contributed by atoms with Gasteiger partial charge in [-0.25, -0.2) is 9.59 Å². The molecule has 1 fully saturated rings. The highest BCUT2D eigenvalue weighted by Crippen LogP contribution is 2.18. The number of amides is 2. The summed E-state index contributed by atoms with van der Waals surface area (Å²) in [6.45, 7) is 0.496. The first-order chi connectivity index (χ1) is 8.68. The molecule has 1 aliphatic rings. The summed E-state index contributed by atoms with van der Waals surface area (Å²) in [4.78, 5) is 24.5. The van der Waals surface area contributed by atoms with Gasteiger partial charge in [-0.1, -0.05) is 18.2 Å². The molecule has 2 N–H and O–H groups in total. The summed E-state index contributed by atoms with van der Waals surface area (Å²) in [5.41, 5.74) is 0.678. The molecule has 0 aliphatic carbocycles. The Kier molecular flexibility index (Phi) is 3.82. The van der Waals surface area contributed by atoms with Crippen LogP contribution in [0.25, 0.3) is 0 Å². The van der Waals surface area contributed by atoms with Gasteiger partial charge in [0.05, 0.1) is 0 Å². The number of piperidine rings is 1. The van der Waals surface area contributed by atoms with Gasteiger partial charge in [-0.2, -0.15) is 0 Å². The minimum absolute atomic E-state index is 0.340. The van der Waals surface area contributed by atoms with Gasteiger partial charge in [-0.3, -0.25) is 0 Å². The number of anilines is 1. The van der Waals surface area contributed by atoms with Crippen LogP contribution in [-0.2, 0) is 4.79 Å². The molecule has 0 radical (unpaired) electrons. The van der Waals surface area contributed by atoms with Crippen molar-refractivity contribution < 1.29 is 14.7 Å². The summed E-state index contributed by atoms with van der Waals surface area (Å²) in [7, 11) is 0. The predicted molar refractivity (Wildman–Crippen MR) is 67.4 cm³/mol. The van der Waals surface area contributed by atoms with Gasteiger partial charge in [0.25, 0.3) is 0 Å². The van der Waals surface area contributed by atoms with E-state index in [1.807, 2.05) is 18.2 Å². The monoisotopic (exact) mass is 248 g/mol. The molecule has 1 atom stereocenters. The molecule has 0 aromatic heterocycles. The van der Waals surface area contributed by atoms with Gasteiger partial charge in [-0.15, -0.1) is 0 Å². The van der Waals surface area contributed by atoms with Crippen molar-refractivity contribution in [2.45, 2.75) is 25.3 Å². The van der Waals surface area contributed by atoms with E-state index in [4.69, 9.17) is 5.11 Å². The number of hydrogen-bond acceptors (Lipinski definition) is 2. The molecule has 0 unspecified atom stereocenters. The van der Waals surface area contributed by atoms with Crippen LogP contribution in [0.4, 0.5) is 10.5 Å². The number of nitrogens with one attached hydrogen (secondary N) is 1. The minimum Gasteiger partial charge on any atom is -0.480 e. The second kappa shape index (κ2) is 5.53. The Morgan fingerprint density at radius 3 is 2.61 bits per heavy atom. The number of rotatable bonds is 2. The van der Waals surface area contributed by atoms with E-state index in [9.17, 15) is 9.59 Å². The van der Waals surface area contributed by atoms with Crippen LogP contribution in [0.5, 0.6) is 0 Å². The van der Waals surface area contributed by atoms with E-state index in [1.165, 1.54) is 4.90 Å². The normalized spacial score (nSPS) is 19.3. The Labute approximate surface area is 105 Å². The third kappa shape index (κ3) is 2.80. The van der Waals surface area contributed by atoms with Gasteiger partial charge < -0.3 is 15.3 Å². The number of aliphatic carboxylic acids is 1. The van der Waals surface area contributed by atoms with Gasteiger partial charge >= 0.3 is 12.0 Å². The molecular formula is C13H16N2O3. The van der Waals surface area contributed by atoms with Crippen LogP contribution in [0.15, 0.2) is 30.3 Å². The van der Waals surface area contributed by atoms with E-state index < -0.39 is 12.0 Å². The van der Waals surface area contributed by atoms with E-state index in [1.54, 1.807) is 12.1 Å². The highest BCUT2D eigenvalue weighted by atomic mass is 16.4. The SMILES string of the molecule is O=C(O)[C@@H]1CCCCN1C(=O)Nc1ccccc1. The van der Waals surface area contributed by atoms with Crippen molar-refractivity contribution in [2.24, 2.45) is 0 Å². The van der Waals surface area contributed by atoms with Crippen molar-refractivity contribution in [1.29, 1.82) is 0 Å². The molecule has 1 aromatic carbocycles. The maximum atomic E-state index is 12.0. The van der Waals surface area contributed by atoms with Crippen molar-refractivity contribution in [1.82, 2.24) is 4.90 Å². The van der Waals surface area contributed by atoms with Crippen molar-refractivity contribution in [3.63, 3.8) is 0 Å². The number of nitrogens with zero attached hydrogens (tertiary/aromatic N) is 1. The second-order valence-corrected chi connectivity index (χ2v) is 4.34. The Morgan fingerprint density at radius 2 is 1.94 bits per heavy atom. The molecule has 1 aromatic rings. The molecule has 96 valence electrons. The van der Waals surface area contributed by atoms with Crippen molar-refractivity contribution >= 4 is 17.7 Å². The minimum atomic E-state index is -0.932. The van der Waals surface area contributed by atoms with Crippen molar-refractivity contribution in [3.05, 3.63) is 30.3 Å². The van der Waals surface area contributed by atoms with Crippen LogP contribution in [-0.4, -0.2) is 34.6 Å². The van der Waals surface area contributed by atoms with Gasteiger partial charge in [-0.05, 0) is 31.4 Å². The van der Waals surface area contributed by atoms with E-state index in [-0.39, 0.29) is 6.03 Å². The zero-order valence-corrected chi connectivity index (χ0v) is 10.0. The summed E-state index contributed by atoms with van der Waals surface area (Å²) in [6.07, 6.45) is 2.23. The fourth-order valence-electron chi connectivity index (χ4n) is 2.15. The number of para-hydroxylation sites is 1. The first-order valence-corrected chi connectivity index (χ1v) is 6.04. The molecule has 1 heterocycles. The Morgan fingerprint density at radius 1 is 1.22 bits per heavy atom. The van der Waals surface area contributed by atoms with Gasteiger partial charge in [0.1, 0.15) is 6.04 Å². The van der Waals surface area contributed by atoms with Crippen molar-refractivity contribution in [2.75, 3.05) is 11.9 Å². The Hall–Kier alpha value is -2.04. The standard InChI is InChI=1S/C13H16N2O3/c16-12(17)11-8-4-5-9-15(11)13(18)14-10-6-2-1-3-7-10/h1-3,6-7,11H,4-5,8-9H2,(H,14,18)(H,16,17)/t11-/m0/s1. The maximum absolute atomic E-state index is 12.0. The lowest BCUT2D eigenvalue weighted by atomic mass is 10.0. The second-order valence-electron chi connectivity index (χ2n) is 4.34. The van der Waals surface area contributed by atoms with E-state index in [2.05, 4.69) is 5.32 Å². The third-order valence-electron chi connectivity index (χ3n) is 3.07. The van der Waals surface area contributed by atoms with Crippen LogP contribution in [0.3, 0.4) is 0 Å². The molecular weight excluding hydrogens is 232 g/mol. The highest BCUT2D eigenvalue weighted by molar-refractivity contribution is 5.92. The molecule has 0 bridgehead atoms. The average molecular weight is 248 g/mol. The number of carbonyl (C=O) groups is 2. The average Bonchev–Trinajstić information content (AvgIpc) is 2.40. The third-order valence-corrected chi connectivity index (χ3v) is 3.07. The first kappa shape index (κ1) is 12.4. The number of carbonyl (C=O) groups excluding carboxylic acids is 1. The first-order valence-electron chi connectivity index (χ1n) is 6.04. The fourth-order valence-corrected chi connectivity index (χ4v) is 2.15. The topological polar surface area (TPSA) is 69.6 Å². The number of benzene rings is 1. The van der Waals surface area contributed by atoms with Crippen molar-refractivity contribution in [3.8, 4) is 0 Å². The quantitative estimate of drug-likeness (QED) is 0.842. The molecule has 5 heteroatoms. The molecule has 1 saturated heterocycles. The molecule has 0 saturated carbocycles. The zero-order valence-electron chi connectivity index (χ0n) is 10.0.